The lowest BCUT2D eigenvalue weighted by molar-refractivity contribution is 1.58. The Hall–Kier alpha value is 1.66. The molecule has 8 heavy (non-hydrogen) atoms. The molecule has 0 aliphatic heterocycles. The summed E-state index contributed by atoms with van der Waals surface area (Å²) in [5.74, 6) is 2.41. The molecule has 0 fully saturated rings. The summed E-state index contributed by atoms with van der Waals surface area (Å²) in [6.45, 7) is 0. The molecule has 0 bridgehead atoms. The summed E-state index contributed by atoms with van der Waals surface area (Å²) in [6, 6.07) is 0. The molecule has 0 unspecified atom stereocenters. The minimum atomic E-state index is 1.10. The standard InChI is InChI=1S/C4H8Br2S2/c5-1-3-7-8-4-2-6/h1-4H2. The smallest absolute Gasteiger partial charge is 0.0134 e. The van der Waals surface area contributed by atoms with Crippen molar-refractivity contribution in [3.8, 4) is 0 Å². The fraction of sp³-hybridized carbons (Fsp3) is 1.00. The van der Waals surface area contributed by atoms with Crippen molar-refractivity contribution >= 4 is 53.4 Å². The van der Waals surface area contributed by atoms with E-state index < -0.39 is 0 Å². The SMILES string of the molecule is BrCCSSCCBr. The first-order valence-corrected chi connectivity index (χ1v) is 7.01. The molecule has 0 aromatic rings. The molecule has 0 saturated heterocycles. The van der Waals surface area contributed by atoms with Gasteiger partial charge in [0, 0.05) is 22.2 Å². The van der Waals surface area contributed by atoms with Crippen LogP contribution in [0, 0.1) is 0 Å². The molecule has 0 rings (SSSR count). The molecule has 0 aromatic carbocycles. The van der Waals surface area contributed by atoms with Gasteiger partial charge in [0.15, 0.2) is 0 Å². The fourth-order valence-corrected chi connectivity index (χ4v) is 4.01. The number of alkyl halides is 2. The lowest BCUT2D eigenvalue weighted by Crippen LogP contribution is -1.76. The molecule has 0 heterocycles. The van der Waals surface area contributed by atoms with Crippen molar-refractivity contribution in [1.29, 1.82) is 0 Å². The van der Waals surface area contributed by atoms with Crippen molar-refractivity contribution in [3.63, 3.8) is 0 Å². The highest BCUT2D eigenvalue weighted by Gasteiger charge is 1.85. The number of hydrogen-bond acceptors (Lipinski definition) is 2. The summed E-state index contributed by atoms with van der Waals surface area (Å²) in [4.78, 5) is 0. The first-order valence-electron chi connectivity index (χ1n) is 2.28. The summed E-state index contributed by atoms with van der Waals surface area (Å²) in [5.41, 5.74) is 0. The molecule has 0 radical (unpaired) electrons. The Labute approximate surface area is 75.2 Å². The molecule has 0 aromatic heterocycles. The van der Waals surface area contributed by atoms with E-state index in [0.29, 0.717) is 0 Å². The zero-order valence-electron chi connectivity index (χ0n) is 4.40. The Morgan fingerprint density at radius 1 is 0.875 bits per heavy atom. The minimum Gasteiger partial charge on any atom is -0.0933 e. The largest absolute Gasteiger partial charge is 0.0933 e. The van der Waals surface area contributed by atoms with E-state index in [1.54, 1.807) is 0 Å². The Bertz CT molecular complexity index is 37.0. The van der Waals surface area contributed by atoms with Crippen LogP contribution < -0.4 is 0 Å². The Morgan fingerprint density at radius 2 is 1.25 bits per heavy atom. The third kappa shape index (κ3) is 7.66. The summed E-state index contributed by atoms with van der Waals surface area (Å²) in [6.07, 6.45) is 0. The van der Waals surface area contributed by atoms with Gasteiger partial charge in [-0.1, -0.05) is 53.4 Å². The predicted molar refractivity (Wildman–Crippen MR) is 52.5 cm³/mol. The molecule has 0 amide bonds. The second-order valence-electron chi connectivity index (χ2n) is 1.02. The van der Waals surface area contributed by atoms with Crippen LogP contribution in [0.3, 0.4) is 0 Å². The van der Waals surface area contributed by atoms with Crippen LogP contribution in [-0.4, -0.2) is 22.2 Å². The predicted octanol–water partition coefficient (Wildman–Crippen LogP) is 3.16. The van der Waals surface area contributed by atoms with Gasteiger partial charge in [-0.25, -0.2) is 0 Å². The van der Waals surface area contributed by atoms with Gasteiger partial charge >= 0.3 is 0 Å². The lowest BCUT2D eigenvalue weighted by Gasteiger charge is -1.92. The van der Waals surface area contributed by atoms with Crippen molar-refractivity contribution in [2.45, 2.75) is 0 Å². The van der Waals surface area contributed by atoms with Crippen molar-refractivity contribution in [3.05, 3.63) is 0 Å². The summed E-state index contributed by atoms with van der Waals surface area (Å²) in [5, 5.41) is 2.21. The van der Waals surface area contributed by atoms with Crippen LogP contribution in [0.5, 0.6) is 0 Å². The molecule has 0 aliphatic carbocycles. The third-order valence-corrected chi connectivity index (χ3v) is 4.66. The van der Waals surface area contributed by atoms with E-state index in [4.69, 9.17) is 0 Å². The van der Waals surface area contributed by atoms with Crippen LogP contribution >= 0.6 is 53.4 Å². The highest BCUT2D eigenvalue weighted by Crippen LogP contribution is 2.21. The Balaban J connectivity index is 2.53. The van der Waals surface area contributed by atoms with Gasteiger partial charge in [0.05, 0.1) is 0 Å². The van der Waals surface area contributed by atoms with E-state index in [-0.39, 0.29) is 0 Å². The second kappa shape index (κ2) is 8.66. The molecule has 0 N–H and O–H groups in total. The van der Waals surface area contributed by atoms with E-state index in [9.17, 15) is 0 Å². The maximum absolute atomic E-state index is 3.36. The van der Waals surface area contributed by atoms with Gasteiger partial charge in [-0.3, -0.25) is 0 Å². The lowest BCUT2D eigenvalue weighted by atomic mass is 11.0. The van der Waals surface area contributed by atoms with Crippen molar-refractivity contribution in [2.24, 2.45) is 0 Å². The maximum Gasteiger partial charge on any atom is 0.0134 e. The third-order valence-electron chi connectivity index (χ3n) is 0.404. The average molecular weight is 280 g/mol. The van der Waals surface area contributed by atoms with Gasteiger partial charge in [0.1, 0.15) is 0 Å². The molecule has 0 aliphatic rings. The summed E-state index contributed by atoms with van der Waals surface area (Å²) in [7, 11) is 3.84. The van der Waals surface area contributed by atoms with E-state index in [1.807, 2.05) is 21.6 Å². The summed E-state index contributed by atoms with van der Waals surface area (Å²) >= 11 is 6.71. The summed E-state index contributed by atoms with van der Waals surface area (Å²) < 4.78 is 0. The highest BCUT2D eigenvalue weighted by molar-refractivity contribution is 9.09. The molecular formula is C4H8Br2S2. The average Bonchev–Trinajstić information content (AvgIpc) is 1.81. The van der Waals surface area contributed by atoms with Crippen molar-refractivity contribution < 1.29 is 0 Å². The second-order valence-corrected chi connectivity index (χ2v) is 5.31. The van der Waals surface area contributed by atoms with Crippen molar-refractivity contribution in [1.82, 2.24) is 0 Å². The van der Waals surface area contributed by atoms with E-state index >= 15 is 0 Å². The Kier molecular flexibility index (Phi) is 10.5. The van der Waals surface area contributed by atoms with E-state index in [1.165, 1.54) is 11.5 Å². The van der Waals surface area contributed by atoms with Crippen LogP contribution in [0.15, 0.2) is 0 Å². The van der Waals surface area contributed by atoms with Crippen LogP contribution in [-0.2, 0) is 0 Å². The van der Waals surface area contributed by atoms with Gasteiger partial charge in [0.2, 0.25) is 0 Å². The number of halogens is 2. The Morgan fingerprint density at radius 3 is 1.50 bits per heavy atom. The monoisotopic (exact) mass is 278 g/mol. The molecule has 0 spiro atoms. The van der Waals surface area contributed by atoms with E-state index in [0.717, 1.165) is 10.7 Å². The molecule has 0 nitrogen and oxygen atoms in total. The molecule has 4 heteroatoms. The first-order chi connectivity index (χ1) is 3.91. The van der Waals surface area contributed by atoms with Crippen LogP contribution in [0.1, 0.15) is 0 Å². The van der Waals surface area contributed by atoms with Crippen LogP contribution in [0.25, 0.3) is 0 Å². The topological polar surface area (TPSA) is 0 Å². The number of hydrogen-bond donors (Lipinski definition) is 0. The maximum atomic E-state index is 3.36. The zero-order chi connectivity index (χ0) is 6.24. The first kappa shape index (κ1) is 9.66. The molecule has 0 saturated carbocycles. The quantitative estimate of drug-likeness (QED) is 0.431. The highest BCUT2D eigenvalue weighted by atomic mass is 79.9. The van der Waals surface area contributed by atoms with Crippen LogP contribution in [0.2, 0.25) is 0 Å². The molecule has 50 valence electrons. The normalized spacial score (nSPS) is 9.75. The zero-order valence-corrected chi connectivity index (χ0v) is 9.21. The minimum absolute atomic E-state index is 1.10. The van der Waals surface area contributed by atoms with Gasteiger partial charge in [-0.15, -0.1) is 0 Å². The van der Waals surface area contributed by atoms with Gasteiger partial charge < -0.3 is 0 Å². The van der Waals surface area contributed by atoms with Crippen LogP contribution in [0.4, 0.5) is 0 Å². The van der Waals surface area contributed by atoms with Gasteiger partial charge in [-0.05, 0) is 0 Å². The van der Waals surface area contributed by atoms with Crippen molar-refractivity contribution in [2.75, 3.05) is 22.2 Å². The molecular weight excluding hydrogens is 272 g/mol. The van der Waals surface area contributed by atoms with Gasteiger partial charge in [-0.2, -0.15) is 0 Å². The number of rotatable bonds is 5. The fourth-order valence-electron chi connectivity index (χ4n) is 0.181. The van der Waals surface area contributed by atoms with Gasteiger partial charge in [0.25, 0.3) is 0 Å². The molecule has 0 atom stereocenters. The van der Waals surface area contributed by atoms with E-state index in [2.05, 4.69) is 31.9 Å².